The summed E-state index contributed by atoms with van der Waals surface area (Å²) in [6.45, 7) is 6.75. The second-order valence-electron chi connectivity index (χ2n) is 7.18. The van der Waals surface area contributed by atoms with Crippen molar-refractivity contribution < 1.29 is 9.53 Å². The fourth-order valence-electron chi connectivity index (χ4n) is 4.75. The Balaban J connectivity index is 1.61. The molecule has 0 amide bonds. The highest BCUT2D eigenvalue weighted by Gasteiger charge is 2.47. The van der Waals surface area contributed by atoms with Crippen molar-refractivity contribution in [2.75, 3.05) is 26.2 Å². The number of ether oxygens (including phenoxy) is 1. The Morgan fingerprint density at radius 2 is 2.33 bits per heavy atom. The summed E-state index contributed by atoms with van der Waals surface area (Å²) < 4.78 is 5.21. The Morgan fingerprint density at radius 3 is 3.17 bits per heavy atom. The van der Waals surface area contributed by atoms with Crippen molar-refractivity contribution in [2.45, 2.75) is 51.2 Å². The minimum absolute atomic E-state index is 0.104. The van der Waals surface area contributed by atoms with Crippen LogP contribution in [-0.2, 0) is 9.53 Å². The average molecular weight is 329 g/mol. The van der Waals surface area contributed by atoms with Gasteiger partial charge in [-0.05, 0) is 50.3 Å². The lowest BCUT2D eigenvalue weighted by Gasteiger charge is -2.50. The molecule has 3 heterocycles. The first kappa shape index (κ1) is 15.9. The molecule has 1 N–H and O–H groups in total. The zero-order valence-corrected chi connectivity index (χ0v) is 14.6. The van der Waals surface area contributed by atoms with E-state index in [1.807, 2.05) is 6.92 Å². The van der Waals surface area contributed by atoms with Gasteiger partial charge in [0.15, 0.2) is 0 Å². The third-order valence-corrected chi connectivity index (χ3v) is 5.73. The molecular weight excluding hydrogens is 302 g/mol. The van der Waals surface area contributed by atoms with Gasteiger partial charge in [-0.15, -0.1) is 0 Å². The van der Waals surface area contributed by atoms with Gasteiger partial charge in [-0.3, -0.25) is 9.69 Å². The van der Waals surface area contributed by atoms with Crippen LogP contribution in [0, 0.1) is 0 Å². The zero-order chi connectivity index (χ0) is 16.7. The summed E-state index contributed by atoms with van der Waals surface area (Å²) >= 11 is 0. The number of rotatable bonds is 3. The molecule has 1 unspecified atom stereocenters. The van der Waals surface area contributed by atoms with Gasteiger partial charge < -0.3 is 15.0 Å². The molecule has 130 valence electrons. The summed E-state index contributed by atoms with van der Waals surface area (Å²) in [7, 11) is 0. The van der Waals surface area contributed by atoms with E-state index in [0.29, 0.717) is 31.3 Å². The fourth-order valence-corrected chi connectivity index (χ4v) is 4.75. The summed E-state index contributed by atoms with van der Waals surface area (Å²) in [6.07, 6.45) is 10.3. The number of carbonyl (C=O) groups is 1. The Labute approximate surface area is 144 Å². The number of fused-ring (bicyclic) bond motifs is 4. The van der Waals surface area contributed by atoms with Gasteiger partial charge in [0.2, 0.25) is 0 Å². The van der Waals surface area contributed by atoms with Crippen LogP contribution in [0.25, 0.3) is 0 Å². The lowest BCUT2D eigenvalue weighted by Crippen LogP contribution is -2.66. The van der Waals surface area contributed by atoms with Crippen LogP contribution in [0.15, 0.2) is 35.2 Å². The molecule has 0 radical (unpaired) electrons. The monoisotopic (exact) mass is 329 g/mol. The number of nitrogens with zero attached hydrogens (tertiary/aromatic N) is 2. The fraction of sp³-hybridized carbons (Fsp3) is 0.632. The van der Waals surface area contributed by atoms with Crippen molar-refractivity contribution in [3.8, 4) is 0 Å². The quantitative estimate of drug-likeness (QED) is 0.800. The highest BCUT2D eigenvalue weighted by atomic mass is 16.5. The van der Waals surface area contributed by atoms with Crippen molar-refractivity contribution in [3.05, 3.63) is 35.2 Å². The molecule has 0 bridgehead atoms. The number of esters is 1. The van der Waals surface area contributed by atoms with Gasteiger partial charge in [0.05, 0.1) is 25.2 Å². The molecule has 5 nitrogen and oxygen atoms in total. The molecule has 0 aromatic heterocycles. The Bertz CT molecular complexity index is 622. The van der Waals surface area contributed by atoms with Crippen molar-refractivity contribution >= 4 is 5.97 Å². The summed E-state index contributed by atoms with van der Waals surface area (Å²) in [5.41, 5.74) is 4.33. The molecule has 4 rings (SSSR count). The third kappa shape index (κ3) is 2.60. The van der Waals surface area contributed by atoms with E-state index >= 15 is 0 Å². The molecule has 3 aliphatic heterocycles. The number of nitrogens with one attached hydrogen (secondary N) is 1. The van der Waals surface area contributed by atoms with E-state index in [9.17, 15) is 4.79 Å². The first-order chi connectivity index (χ1) is 11.7. The van der Waals surface area contributed by atoms with E-state index in [-0.39, 0.29) is 5.97 Å². The van der Waals surface area contributed by atoms with Gasteiger partial charge >= 0.3 is 5.97 Å². The maximum absolute atomic E-state index is 12.1. The largest absolute Gasteiger partial charge is 0.465 e. The molecule has 24 heavy (non-hydrogen) atoms. The van der Waals surface area contributed by atoms with Gasteiger partial charge in [0.25, 0.3) is 0 Å². The number of allylic oxidation sites excluding steroid dienone is 2. The lowest BCUT2D eigenvalue weighted by molar-refractivity contribution is -0.145. The van der Waals surface area contributed by atoms with Gasteiger partial charge in [-0.25, -0.2) is 0 Å². The van der Waals surface area contributed by atoms with E-state index in [2.05, 4.69) is 40.4 Å². The number of hydrogen-bond acceptors (Lipinski definition) is 5. The van der Waals surface area contributed by atoms with Crippen LogP contribution in [0.4, 0.5) is 0 Å². The van der Waals surface area contributed by atoms with Gasteiger partial charge in [-0.2, -0.15) is 0 Å². The third-order valence-electron chi connectivity index (χ3n) is 5.73. The minimum atomic E-state index is -0.104. The Kier molecular flexibility index (Phi) is 4.22. The molecule has 5 heteroatoms. The maximum atomic E-state index is 12.1. The Morgan fingerprint density at radius 1 is 1.46 bits per heavy atom. The van der Waals surface area contributed by atoms with Gasteiger partial charge in [0.1, 0.15) is 0 Å². The van der Waals surface area contributed by atoms with Gasteiger partial charge in [-0.1, -0.05) is 6.08 Å². The number of piperazine rings is 1. The normalized spacial score (nSPS) is 32.2. The predicted octanol–water partition coefficient (Wildman–Crippen LogP) is 1.79. The van der Waals surface area contributed by atoms with Gasteiger partial charge in [0, 0.05) is 31.0 Å². The van der Waals surface area contributed by atoms with E-state index < -0.39 is 0 Å². The predicted molar refractivity (Wildman–Crippen MR) is 93.2 cm³/mol. The molecule has 0 aromatic carbocycles. The molecule has 3 atom stereocenters. The van der Waals surface area contributed by atoms with E-state index in [1.54, 1.807) is 5.57 Å². The van der Waals surface area contributed by atoms with Crippen LogP contribution >= 0.6 is 0 Å². The standard InChI is InChI=1S/C19H27N3O2/c1-3-24-17(23)12-21-9-8-20-18-13(2)11-22-15-7-5-4-6-14(15)10-16(22)19(18)21/h5,7,11,16,18-20H,3-4,6,8-10,12H2,1-2H3/t16-,18?,19-/m0/s1. The summed E-state index contributed by atoms with van der Waals surface area (Å²) in [5.74, 6) is -0.104. The van der Waals surface area contributed by atoms with Crippen molar-refractivity contribution in [1.29, 1.82) is 0 Å². The van der Waals surface area contributed by atoms with Crippen molar-refractivity contribution in [1.82, 2.24) is 15.1 Å². The average Bonchev–Trinajstić information content (AvgIpc) is 2.94. The molecule has 4 aliphatic rings. The van der Waals surface area contributed by atoms with E-state index in [4.69, 9.17) is 4.74 Å². The maximum Gasteiger partial charge on any atom is 0.320 e. The molecule has 1 saturated heterocycles. The summed E-state index contributed by atoms with van der Waals surface area (Å²) in [6, 6.07) is 1.08. The first-order valence-electron chi connectivity index (χ1n) is 9.17. The molecule has 0 spiro atoms. The summed E-state index contributed by atoms with van der Waals surface area (Å²) in [5, 5.41) is 3.67. The number of hydrogen-bond donors (Lipinski definition) is 1. The summed E-state index contributed by atoms with van der Waals surface area (Å²) in [4.78, 5) is 16.9. The molecule has 0 aromatic rings. The van der Waals surface area contributed by atoms with Crippen LogP contribution in [0.3, 0.4) is 0 Å². The lowest BCUT2D eigenvalue weighted by atomic mass is 9.86. The van der Waals surface area contributed by atoms with Crippen LogP contribution in [0.2, 0.25) is 0 Å². The first-order valence-corrected chi connectivity index (χ1v) is 9.17. The van der Waals surface area contributed by atoms with Crippen molar-refractivity contribution in [2.24, 2.45) is 0 Å². The zero-order valence-electron chi connectivity index (χ0n) is 14.6. The minimum Gasteiger partial charge on any atom is -0.465 e. The van der Waals surface area contributed by atoms with Crippen LogP contribution in [-0.4, -0.2) is 60.1 Å². The molecular formula is C19H27N3O2. The second kappa shape index (κ2) is 6.37. The van der Waals surface area contributed by atoms with Crippen LogP contribution in [0.1, 0.15) is 33.1 Å². The topological polar surface area (TPSA) is 44.8 Å². The highest BCUT2D eigenvalue weighted by Crippen LogP contribution is 2.42. The molecule has 1 aliphatic carbocycles. The van der Waals surface area contributed by atoms with Crippen LogP contribution in [0.5, 0.6) is 0 Å². The highest BCUT2D eigenvalue weighted by molar-refractivity contribution is 5.71. The van der Waals surface area contributed by atoms with Crippen molar-refractivity contribution in [3.63, 3.8) is 0 Å². The van der Waals surface area contributed by atoms with Crippen LogP contribution < -0.4 is 5.32 Å². The SMILES string of the molecule is CCOC(=O)CN1CCNC2C(C)=CN3C4=C(CCC=C4)C[C@H]3[C@@H]21. The van der Waals surface area contributed by atoms with E-state index in [0.717, 1.165) is 25.9 Å². The molecule has 0 saturated carbocycles. The second-order valence-corrected chi connectivity index (χ2v) is 7.18. The smallest absolute Gasteiger partial charge is 0.320 e. The molecule has 1 fully saturated rings. The number of carbonyl (C=O) groups excluding carboxylic acids is 1. The van der Waals surface area contributed by atoms with E-state index in [1.165, 1.54) is 17.7 Å². The Hall–Kier alpha value is -1.59.